The average Bonchev–Trinajstić information content (AvgIpc) is 2.89. The van der Waals surface area contributed by atoms with Crippen molar-refractivity contribution in [2.45, 2.75) is 25.3 Å². The third-order valence-corrected chi connectivity index (χ3v) is 4.62. The zero-order valence-electron chi connectivity index (χ0n) is 11.4. The van der Waals surface area contributed by atoms with E-state index < -0.39 is 0 Å². The van der Waals surface area contributed by atoms with Gasteiger partial charge in [-0.3, -0.25) is 0 Å². The molecule has 2 fully saturated rings. The Bertz CT molecular complexity index is 623. The molecule has 0 aliphatic carbocycles. The molecule has 0 saturated carbocycles. The van der Waals surface area contributed by atoms with E-state index in [1.807, 2.05) is 0 Å². The van der Waals surface area contributed by atoms with E-state index in [9.17, 15) is 4.39 Å². The highest BCUT2D eigenvalue weighted by Gasteiger charge is 2.31. The molecular weight excluding hydrogens is 255 g/mol. The Balaban J connectivity index is 1.59. The van der Waals surface area contributed by atoms with E-state index >= 15 is 0 Å². The lowest BCUT2D eigenvalue weighted by atomic mass is 9.85. The Morgan fingerprint density at radius 2 is 2.25 bits per heavy atom. The summed E-state index contributed by atoms with van der Waals surface area (Å²) in [5, 5.41) is 3.62. The van der Waals surface area contributed by atoms with Crippen LogP contribution in [0.15, 0.2) is 18.2 Å². The molecule has 0 radical (unpaired) electrons. The van der Waals surface area contributed by atoms with Crippen LogP contribution in [-0.4, -0.2) is 35.6 Å². The molecule has 3 heterocycles. The topological polar surface area (TPSA) is 44.0 Å². The van der Waals surface area contributed by atoms with Gasteiger partial charge in [0.1, 0.15) is 5.82 Å². The highest BCUT2D eigenvalue weighted by molar-refractivity contribution is 5.77. The summed E-state index contributed by atoms with van der Waals surface area (Å²) in [5.74, 6) is 1.37. The summed E-state index contributed by atoms with van der Waals surface area (Å²) in [6.45, 7) is 3.21. The zero-order chi connectivity index (χ0) is 13.5. The molecule has 0 bridgehead atoms. The third-order valence-electron chi connectivity index (χ3n) is 4.62. The lowest BCUT2D eigenvalue weighted by Gasteiger charge is -2.41. The normalized spacial score (nSPS) is 26.8. The molecule has 5 heteroatoms. The van der Waals surface area contributed by atoms with E-state index in [1.165, 1.54) is 25.0 Å². The van der Waals surface area contributed by atoms with Gasteiger partial charge in [-0.15, -0.1) is 0 Å². The molecule has 2 saturated heterocycles. The first-order valence-corrected chi connectivity index (χ1v) is 7.43. The molecule has 4 nitrogen and oxygen atoms in total. The van der Waals surface area contributed by atoms with Gasteiger partial charge in [-0.2, -0.15) is 0 Å². The number of H-pyrrole nitrogens is 1. The molecule has 4 rings (SSSR count). The van der Waals surface area contributed by atoms with Gasteiger partial charge >= 0.3 is 0 Å². The van der Waals surface area contributed by atoms with Crippen molar-refractivity contribution in [1.82, 2.24) is 15.3 Å². The first-order chi connectivity index (χ1) is 9.79. The van der Waals surface area contributed by atoms with Gasteiger partial charge in [0.15, 0.2) is 0 Å². The SMILES string of the molecule is Fc1ccc2nc(N3CCC4NCCCC4C3)[nH]c2c1. The number of benzene rings is 1. The number of nitrogens with zero attached hydrogens (tertiary/aromatic N) is 2. The molecule has 2 aliphatic heterocycles. The standard InChI is InChI=1S/C15H19FN4/c16-11-3-4-13-14(8-11)19-15(18-13)20-7-5-12-10(9-20)2-1-6-17-12/h3-4,8,10,12,17H,1-2,5-7,9H2,(H,18,19). The minimum absolute atomic E-state index is 0.220. The third kappa shape index (κ3) is 2.06. The van der Waals surface area contributed by atoms with Crippen molar-refractivity contribution >= 4 is 17.0 Å². The van der Waals surface area contributed by atoms with Gasteiger partial charge in [0, 0.05) is 19.1 Å². The monoisotopic (exact) mass is 274 g/mol. The molecule has 106 valence electrons. The summed E-state index contributed by atoms with van der Waals surface area (Å²) in [6.07, 6.45) is 3.72. The molecule has 0 amide bonds. The van der Waals surface area contributed by atoms with Crippen LogP contribution in [0.25, 0.3) is 11.0 Å². The van der Waals surface area contributed by atoms with Crippen LogP contribution in [0.2, 0.25) is 0 Å². The lowest BCUT2D eigenvalue weighted by Crippen LogP contribution is -2.52. The van der Waals surface area contributed by atoms with Crippen molar-refractivity contribution in [3.63, 3.8) is 0 Å². The number of anilines is 1. The summed E-state index contributed by atoms with van der Waals surface area (Å²) in [4.78, 5) is 10.2. The van der Waals surface area contributed by atoms with Crippen molar-refractivity contribution in [2.75, 3.05) is 24.5 Å². The smallest absolute Gasteiger partial charge is 0.203 e. The van der Waals surface area contributed by atoms with Crippen molar-refractivity contribution in [2.24, 2.45) is 5.92 Å². The fourth-order valence-corrected chi connectivity index (χ4v) is 3.56. The molecule has 1 aromatic carbocycles. The fourth-order valence-electron chi connectivity index (χ4n) is 3.56. The molecule has 0 spiro atoms. The Kier molecular flexibility index (Phi) is 2.88. The molecule has 2 unspecified atom stereocenters. The second-order valence-electron chi connectivity index (χ2n) is 5.92. The summed E-state index contributed by atoms with van der Waals surface area (Å²) < 4.78 is 13.2. The van der Waals surface area contributed by atoms with E-state index in [0.717, 1.165) is 43.0 Å². The van der Waals surface area contributed by atoms with Crippen LogP contribution in [0, 0.1) is 11.7 Å². The van der Waals surface area contributed by atoms with E-state index in [1.54, 1.807) is 6.07 Å². The van der Waals surface area contributed by atoms with Crippen LogP contribution in [-0.2, 0) is 0 Å². The van der Waals surface area contributed by atoms with Crippen LogP contribution >= 0.6 is 0 Å². The molecule has 2 N–H and O–H groups in total. The summed E-state index contributed by atoms with van der Waals surface area (Å²) in [6, 6.07) is 5.38. The number of rotatable bonds is 1. The van der Waals surface area contributed by atoms with E-state index in [-0.39, 0.29) is 5.82 Å². The van der Waals surface area contributed by atoms with Crippen LogP contribution in [0.4, 0.5) is 10.3 Å². The van der Waals surface area contributed by atoms with Gasteiger partial charge < -0.3 is 15.2 Å². The van der Waals surface area contributed by atoms with Crippen LogP contribution < -0.4 is 10.2 Å². The van der Waals surface area contributed by atoms with Crippen molar-refractivity contribution in [3.05, 3.63) is 24.0 Å². The molecule has 2 aliphatic rings. The number of hydrogen-bond donors (Lipinski definition) is 2. The number of nitrogens with one attached hydrogen (secondary N) is 2. The predicted octanol–water partition coefficient (Wildman–Crippen LogP) is 2.28. The van der Waals surface area contributed by atoms with Crippen molar-refractivity contribution < 1.29 is 4.39 Å². The second-order valence-corrected chi connectivity index (χ2v) is 5.92. The Labute approximate surface area is 117 Å². The molecule has 2 aromatic rings. The maximum atomic E-state index is 13.2. The summed E-state index contributed by atoms with van der Waals surface area (Å²) >= 11 is 0. The number of aromatic nitrogens is 2. The Morgan fingerprint density at radius 1 is 1.30 bits per heavy atom. The summed E-state index contributed by atoms with van der Waals surface area (Å²) in [5.41, 5.74) is 1.62. The zero-order valence-corrected chi connectivity index (χ0v) is 11.4. The van der Waals surface area contributed by atoms with Crippen LogP contribution in [0.1, 0.15) is 19.3 Å². The second kappa shape index (κ2) is 4.74. The summed E-state index contributed by atoms with van der Waals surface area (Å²) in [7, 11) is 0. The Hall–Kier alpha value is -1.62. The average molecular weight is 274 g/mol. The maximum absolute atomic E-state index is 13.2. The predicted molar refractivity (Wildman–Crippen MR) is 77.4 cm³/mol. The van der Waals surface area contributed by atoms with E-state index in [4.69, 9.17) is 0 Å². The highest BCUT2D eigenvalue weighted by Crippen LogP contribution is 2.28. The van der Waals surface area contributed by atoms with Gasteiger partial charge in [0.05, 0.1) is 11.0 Å². The van der Waals surface area contributed by atoms with E-state index in [0.29, 0.717) is 12.0 Å². The fraction of sp³-hybridized carbons (Fsp3) is 0.533. The van der Waals surface area contributed by atoms with Gasteiger partial charge in [0.2, 0.25) is 5.95 Å². The van der Waals surface area contributed by atoms with Gasteiger partial charge in [0.25, 0.3) is 0 Å². The van der Waals surface area contributed by atoms with Gasteiger partial charge in [-0.25, -0.2) is 9.37 Å². The number of piperidine rings is 2. The minimum atomic E-state index is -0.220. The van der Waals surface area contributed by atoms with Crippen LogP contribution in [0.3, 0.4) is 0 Å². The van der Waals surface area contributed by atoms with Crippen molar-refractivity contribution in [1.29, 1.82) is 0 Å². The first-order valence-electron chi connectivity index (χ1n) is 7.43. The molecule has 2 atom stereocenters. The minimum Gasteiger partial charge on any atom is -0.342 e. The maximum Gasteiger partial charge on any atom is 0.203 e. The number of fused-ring (bicyclic) bond motifs is 2. The highest BCUT2D eigenvalue weighted by atomic mass is 19.1. The molecular formula is C15H19FN4. The number of imidazole rings is 1. The molecule has 20 heavy (non-hydrogen) atoms. The lowest BCUT2D eigenvalue weighted by molar-refractivity contribution is 0.243. The quantitative estimate of drug-likeness (QED) is 0.838. The van der Waals surface area contributed by atoms with Crippen LogP contribution in [0.5, 0.6) is 0 Å². The Morgan fingerprint density at radius 3 is 3.20 bits per heavy atom. The van der Waals surface area contributed by atoms with Gasteiger partial charge in [-0.1, -0.05) is 0 Å². The number of halogens is 1. The van der Waals surface area contributed by atoms with Gasteiger partial charge in [-0.05, 0) is 49.9 Å². The number of hydrogen-bond acceptors (Lipinski definition) is 3. The largest absolute Gasteiger partial charge is 0.342 e. The number of aromatic amines is 1. The van der Waals surface area contributed by atoms with Crippen molar-refractivity contribution in [3.8, 4) is 0 Å². The first kappa shape index (κ1) is 12.1. The van der Waals surface area contributed by atoms with E-state index in [2.05, 4.69) is 20.2 Å². The molecule has 1 aromatic heterocycles.